The zero-order valence-electron chi connectivity index (χ0n) is 16.0. The van der Waals surface area contributed by atoms with Crippen LogP contribution in [0, 0.1) is 13.8 Å². The maximum atomic E-state index is 13.0. The summed E-state index contributed by atoms with van der Waals surface area (Å²) in [5, 5.41) is 16.7. The van der Waals surface area contributed by atoms with Gasteiger partial charge < -0.3 is 5.11 Å². The zero-order valence-corrected chi connectivity index (χ0v) is 16.0. The van der Waals surface area contributed by atoms with Crippen LogP contribution >= 0.6 is 0 Å². The number of benzene rings is 3. The Hall–Kier alpha value is -3.24. The lowest BCUT2D eigenvalue weighted by molar-refractivity contribution is 0.150. The van der Waals surface area contributed by atoms with E-state index in [2.05, 4.69) is 5.10 Å². The minimum atomic E-state index is -0.808. The fourth-order valence-electron chi connectivity index (χ4n) is 3.34. The third-order valence-electron chi connectivity index (χ3n) is 5.00. The van der Waals surface area contributed by atoms with Crippen LogP contribution in [0.4, 0.5) is 0 Å². The van der Waals surface area contributed by atoms with Crippen LogP contribution in [0.25, 0.3) is 22.0 Å². The van der Waals surface area contributed by atoms with Crippen molar-refractivity contribution < 1.29 is 5.11 Å². The van der Waals surface area contributed by atoms with Crippen LogP contribution in [-0.4, -0.2) is 14.9 Å². The fourth-order valence-corrected chi connectivity index (χ4v) is 3.34. The molecule has 0 aliphatic rings. The van der Waals surface area contributed by atoms with E-state index in [1.165, 1.54) is 4.68 Å². The average Bonchev–Trinajstić information content (AvgIpc) is 2.71. The van der Waals surface area contributed by atoms with E-state index in [1.807, 2.05) is 86.6 Å². The summed E-state index contributed by atoms with van der Waals surface area (Å²) in [6.07, 6.45) is -0.808. The highest BCUT2D eigenvalue weighted by molar-refractivity contribution is 5.93. The normalized spacial score (nSPS) is 12.2. The quantitative estimate of drug-likeness (QED) is 0.579. The van der Waals surface area contributed by atoms with Gasteiger partial charge >= 0.3 is 0 Å². The van der Waals surface area contributed by atoms with Crippen LogP contribution in [-0.2, 0) is 6.54 Å². The maximum absolute atomic E-state index is 13.0. The number of hydrogen-bond acceptors (Lipinski definition) is 3. The summed E-state index contributed by atoms with van der Waals surface area (Å²) in [7, 11) is 0. The van der Waals surface area contributed by atoms with Crippen molar-refractivity contribution in [3.8, 4) is 11.3 Å². The van der Waals surface area contributed by atoms with E-state index in [0.717, 1.165) is 33.3 Å². The summed E-state index contributed by atoms with van der Waals surface area (Å²) in [6, 6.07) is 23.2. The van der Waals surface area contributed by atoms with Gasteiger partial charge in [-0.2, -0.15) is 5.10 Å². The molecule has 1 heterocycles. The van der Waals surface area contributed by atoms with E-state index in [9.17, 15) is 9.90 Å². The highest BCUT2D eigenvalue weighted by Gasteiger charge is 2.15. The van der Waals surface area contributed by atoms with Gasteiger partial charge in [0.15, 0.2) is 0 Å². The molecule has 140 valence electrons. The summed E-state index contributed by atoms with van der Waals surface area (Å²) in [5.74, 6) is 0. The molecular weight excluding hydrogens is 348 g/mol. The largest absolute Gasteiger partial charge is 0.386 e. The van der Waals surface area contributed by atoms with E-state index < -0.39 is 6.10 Å². The molecule has 0 radical (unpaired) electrons. The van der Waals surface area contributed by atoms with Gasteiger partial charge in [0.1, 0.15) is 0 Å². The van der Waals surface area contributed by atoms with Gasteiger partial charge in [-0.3, -0.25) is 4.79 Å². The van der Waals surface area contributed by atoms with Gasteiger partial charge in [-0.15, -0.1) is 0 Å². The Bertz CT molecular complexity index is 1180. The smallest absolute Gasteiger partial charge is 0.274 e. The summed E-state index contributed by atoms with van der Waals surface area (Å²) in [5.41, 5.74) is 4.54. The highest BCUT2D eigenvalue weighted by Crippen LogP contribution is 2.25. The summed E-state index contributed by atoms with van der Waals surface area (Å²) >= 11 is 0. The van der Waals surface area contributed by atoms with Crippen molar-refractivity contribution in [2.24, 2.45) is 0 Å². The lowest BCUT2D eigenvalue weighted by Gasteiger charge is -2.15. The summed E-state index contributed by atoms with van der Waals surface area (Å²) in [4.78, 5) is 13.0. The van der Waals surface area contributed by atoms with Crippen molar-refractivity contribution in [1.29, 1.82) is 0 Å². The molecule has 4 rings (SSSR count). The Labute approximate surface area is 163 Å². The first kappa shape index (κ1) is 18.1. The molecule has 0 spiro atoms. The van der Waals surface area contributed by atoms with Crippen molar-refractivity contribution in [2.75, 3.05) is 0 Å². The highest BCUT2D eigenvalue weighted by atomic mass is 16.3. The molecule has 0 saturated carbocycles. The molecule has 1 atom stereocenters. The second kappa shape index (κ2) is 7.41. The summed E-state index contributed by atoms with van der Waals surface area (Å²) < 4.78 is 1.38. The van der Waals surface area contributed by atoms with Gasteiger partial charge in [-0.05, 0) is 25.5 Å². The minimum absolute atomic E-state index is 0.103. The Kier molecular flexibility index (Phi) is 4.80. The topological polar surface area (TPSA) is 55.1 Å². The van der Waals surface area contributed by atoms with Gasteiger partial charge in [-0.25, -0.2) is 4.68 Å². The molecule has 4 nitrogen and oxygen atoms in total. The molecule has 0 amide bonds. The molecule has 4 heteroatoms. The fraction of sp³-hybridized carbons (Fsp3) is 0.167. The number of aliphatic hydroxyl groups is 1. The Morgan fingerprint density at radius 2 is 1.43 bits per heavy atom. The second-order valence-corrected chi connectivity index (χ2v) is 7.17. The molecule has 28 heavy (non-hydrogen) atoms. The van der Waals surface area contributed by atoms with Crippen molar-refractivity contribution >= 4 is 10.8 Å². The van der Waals surface area contributed by atoms with Crippen LogP contribution in [0.3, 0.4) is 0 Å². The Morgan fingerprint density at radius 1 is 0.857 bits per heavy atom. The van der Waals surface area contributed by atoms with Crippen LogP contribution in [0.5, 0.6) is 0 Å². The predicted molar refractivity (Wildman–Crippen MR) is 112 cm³/mol. The number of aliphatic hydroxyl groups excluding tert-OH is 1. The van der Waals surface area contributed by atoms with Crippen LogP contribution in [0.15, 0.2) is 77.6 Å². The van der Waals surface area contributed by atoms with Gasteiger partial charge in [-0.1, -0.05) is 77.9 Å². The first-order chi connectivity index (χ1) is 13.5. The van der Waals surface area contributed by atoms with Crippen molar-refractivity contribution in [3.63, 3.8) is 0 Å². The van der Waals surface area contributed by atoms with Crippen LogP contribution in [0.2, 0.25) is 0 Å². The maximum Gasteiger partial charge on any atom is 0.274 e. The third-order valence-corrected chi connectivity index (χ3v) is 5.00. The lowest BCUT2D eigenvalue weighted by Crippen LogP contribution is -2.26. The molecule has 0 bridgehead atoms. The second-order valence-electron chi connectivity index (χ2n) is 7.17. The number of aromatic nitrogens is 2. The van der Waals surface area contributed by atoms with E-state index in [-0.39, 0.29) is 12.1 Å². The van der Waals surface area contributed by atoms with E-state index >= 15 is 0 Å². The third kappa shape index (κ3) is 3.47. The van der Waals surface area contributed by atoms with E-state index in [1.54, 1.807) is 0 Å². The van der Waals surface area contributed by atoms with Crippen molar-refractivity contribution in [2.45, 2.75) is 26.5 Å². The minimum Gasteiger partial charge on any atom is -0.386 e. The molecule has 0 unspecified atom stereocenters. The molecule has 0 aliphatic heterocycles. The molecule has 1 aromatic heterocycles. The Balaban J connectivity index is 1.82. The molecule has 1 N–H and O–H groups in total. The Morgan fingerprint density at radius 3 is 2.07 bits per heavy atom. The molecule has 0 fully saturated rings. The lowest BCUT2D eigenvalue weighted by atomic mass is 10.0. The SMILES string of the molecule is Cc1ccc(-c2nn(C[C@@H](O)c3ccc(C)cc3)c(=O)c3ccccc23)cc1. The van der Waals surface area contributed by atoms with Crippen molar-refractivity contribution in [1.82, 2.24) is 9.78 Å². The zero-order chi connectivity index (χ0) is 19.7. The first-order valence-electron chi connectivity index (χ1n) is 9.34. The van der Waals surface area contributed by atoms with E-state index in [4.69, 9.17) is 0 Å². The van der Waals surface area contributed by atoms with Gasteiger partial charge in [0, 0.05) is 10.9 Å². The van der Waals surface area contributed by atoms with Crippen LogP contribution in [0.1, 0.15) is 22.8 Å². The standard InChI is InChI=1S/C24H22N2O2/c1-16-7-11-18(12-8-16)22(27)15-26-24(28)21-6-4-3-5-20(21)23(25-26)19-13-9-17(2)10-14-19/h3-14,22,27H,15H2,1-2H3/t22-/m1/s1. The number of rotatable bonds is 4. The molecule has 0 saturated heterocycles. The van der Waals surface area contributed by atoms with Gasteiger partial charge in [0.2, 0.25) is 0 Å². The van der Waals surface area contributed by atoms with Gasteiger partial charge in [0.05, 0.1) is 23.7 Å². The monoisotopic (exact) mass is 370 g/mol. The number of fused-ring (bicyclic) bond motifs is 1. The molecular formula is C24H22N2O2. The molecule has 0 aliphatic carbocycles. The van der Waals surface area contributed by atoms with E-state index in [0.29, 0.717) is 5.39 Å². The van der Waals surface area contributed by atoms with Gasteiger partial charge in [0.25, 0.3) is 5.56 Å². The van der Waals surface area contributed by atoms with Crippen molar-refractivity contribution in [3.05, 3.63) is 99.8 Å². The van der Waals surface area contributed by atoms with Crippen LogP contribution < -0.4 is 5.56 Å². The predicted octanol–water partition coefficient (Wildman–Crippen LogP) is 4.41. The molecule has 3 aromatic carbocycles. The summed E-state index contributed by atoms with van der Waals surface area (Å²) in [6.45, 7) is 4.14. The first-order valence-corrected chi connectivity index (χ1v) is 9.34. The number of aryl methyl sites for hydroxylation is 2. The number of nitrogens with zero attached hydrogens (tertiary/aromatic N) is 2. The average molecular weight is 370 g/mol. The number of hydrogen-bond donors (Lipinski definition) is 1. The molecule has 4 aromatic rings.